The van der Waals surface area contributed by atoms with E-state index in [2.05, 4.69) is 5.16 Å². The first-order valence-electron chi connectivity index (χ1n) is 5.37. The van der Waals surface area contributed by atoms with Crippen LogP contribution in [-0.2, 0) is 4.79 Å². The number of Topliss-reactive ketones (excluding diaryl/α,β-unsaturated/α-hetero) is 1. The van der Waals surface area contributed by atoms with Gasteiger partial charge in [0.05, 0.1) is 6.21 Å². The number of carbonyl (C=O) groups is 1. The van der Waals surface area contributed by atoms with Gasteiger partial charge >= 0.3 is 0 Å². The van der Waals surface area contributed by atoms with E-state index in [0.29, 0.717) is 5.75 Å². The van der Waals surface area contributed by atoms with Crippen molar-refractivity contribution >= 4 is 12.0 Å². The smallest absolute Gasteiger partial charge is 0.167 e. The number of ether oxygens (including phenoxy) is 1. The van der Waals surface area contributed by atoms with Crippen LogP contribution in [-0.4, -0.2) is 23.8 Å². The molecule has 1 aromatic carbocycles. The number of oxime groups is 1. The molecule has 0 fully saturated rings. The molecule has 0 spiro atoms. The highest BCUT2D eigenvalue weighted by molar-refractivity contribution is 5.85. The number of ketones is 1. The predicted molar refractivity (Wildman–Crippen MR) is 66.2 cm³/mol. The molecule has 0 heterocycles. The summed E-state index contributed by atoms with van der Waals surface area (Å²) in [5.74, 6) is 0.655. The monoisotopic (exact) mass is 235 g/mol. The number of hydrogen-bond acceptors (Lipinski definition) is 4. The minimum atomic E-state index is -0.0262. The Bertz CT molecular complexity index is 464. The van der Waals surface area contributed by atoms with Gasteiger partial charge in [0.1, 0.15) is 12.4 Å². The molecule has 0 aliphatic rings. The van der Waals surface area contributed by atoms with Crippen LogP contribution in [0.15, 0.2) is 11.2 Å². The molecule has 17 heavy (non-hydrogen) atoms. The van der Waals surface area contributed by atoms with Gasteiger partial charge in [-0.25, -0.2) is 0 Å². The maximum absolute atomic E-state index is 10.9. The van der Waals surface area contributed by atoms with E-state index >= 15 is 0 Å². The molecule has 1 aromatic rings. The van der Waals surface area contributed by atoms with Gasteiger partial charge < -0.3 is 9.94 Å². The molecular weight excluding hydrogens is 218 g/mol. The fourth-order valence-corrected chi connectivity index (χ4v) is 1.83. The molecule has 0 saturated carbocycles. The van der Waals surface area contributed by atoms with Crippen molar-refractivity contribution < 1.29 is 14.7 Å². The fraction of sp³-hybridized carbons (Fsp3) is 0.385. The van der Waals surface area contributed by atoms with Crippen molar-refractivity contribution in [2.24, 2.45) is 5.16 Å². The highest BCUT2D eigenvalue weighted by Crippen LogP contribution is 2.28. The van der Waals surface area contributed by atoms with Gasteiger partial charge in [-0.1, -0.05) is 11.2 Å². The molecule has 4 heteroatoms. The molecule has 1 rings (SSSR count). The van der Waals surface area contributed by atoms with E-state index in [1.54, 1.807) is 0 Å². The quantitative estimate of drug-likeness (QED) is 0.495. The zero-order valence-electron chi connectivity index (χ0n) is 10.6. The Morgan fingerprint density at radius 3 is 2.59 bits per heavy atom. The third-order valence-corrected chi connectivity index (χ3v) is 2.57. The molecule has 0 aliphatic carbocycles. The summed E-state index contributed by atoms with van der Waals surface area (Å²) in [6, 6.07) is 1.94. The molecule has 0 radical (unpaired) electrons. The van der Waals surface area contributed by atoms with Gasteiger partial charge in [0.2, 0.25) is 0 Å². The van der Waals surface area contributed by atoms with Gasteiger partial charge in [0, 0.05) is 11.1 Å². The Morgan fingerprint density at radius 1 is 1.41 bits per heavy atom. The zero-order chi connectivity index (χ0) is 13.0. The number of hydrogen-bond donors (Lipinski definition) is 1. The minimum Gasteiger partial charge on any atom is -0.485 e. The maximum Gasteiger partial charge on any atom is 0.167 e. The minimum absolute atomic E-state index is 0.0262. The highest BCUT2D eigenvalue weighted by Gasteiger charge is 2.11. The second-order valence-corrected chi connectivity index (χ2v) is 4.11. The third-order valence-electron chi connectivity index (χ3n) is 2.57. The number of carbonyl (C=O) groups excluding carboxylic acids is 1. The lowest BCUT2D eigenvalue weighted by molar-refractivity contribution is -0.118. The van der Waals surface area contributed by atoms with E-state index < -0.39 is 0 Å². The molecule has 0 saturated heterocycles. The van der Waals surface area contributed by atoms with Crippen molar-refractivity contribution in [3.05, 3.63) is 28.3 Å². The molecule has 92 valence electrons. The Balaban J connectivity index is 3.20. The standard InChI is InChI=1S/C13H17NO3/c1-8-5-9(2)13(17-7-10(3)15)11(4)12(8)6-14-16/h5-6,16H,7H2,1-4H3/b14-6+. The second kappa shape index (κ2) is 5.48. The summed E-state index contributed by atoms with van der Waals surface area (Å²) in [4.78, 5) is 10.9. The van der Waals surface area contributed by atoms with Crippen molar-refractivity contribution in [3.63, 3.8) is 0 Å². The maximum atomic E-state index is 10.9. The van der Waals surface area contributed by atoms with Crippen LogP contribution in [0.25, 0.3) is 0 Å². The first-order chi connectivity index (χ1) is 7.97. The van der Waals surface area contributed by atoms with Crippen LogP contribution in [0.5, 0.6) is 5.75 Å². The van der Waals surface area contributed by atoms with Crippen molar-refractivity contribution in [2.75, 3.05) is 6.61 Å². The van der Waals surface area contributed by atoms with E-state index in [4.69, 9.17) is 9.94 Å². The largest absolute Gasteiger partial charge is 0.485 e. The van der Waals surface area contributed by atoms with E-state index in [9.17, 15) is 4.79 Å². The Hall–Kier alpha value is -1.84. The molecule has 0 atom stereocenters. The molecule has 0 unspecified atom stereocenters. The van der Waals surface area contributed by atoms with Crippen LogP contribution < -0.4 is 4.74 Å². The second-order valence-electron chi connectivity index (χ2n) is 4.11. The summed E-state index contributed by atoms with van der Waals surface area (Å²) in [5.41, 5.74) is 3.67. The highest BCUT2D eigenvalue weighted by atomic mass is 16.5. The molecule has 0 aliphatic heterocycles. The number of aryl methyl sites for hydroxylation is 2. The van der Waals surface area contributed by atoms with Gasteiger partial charge in [-0.3, -0.25) is 4.79 Å². The average Bonchev–Trinajstić information content (AvgIpc) is 2.23. The lowest BCUT2D eigenvalue weighted by Crippen LogP contribution is -2.09. The Kier molecular flexibility index (Phi) is 4.26. The fourth-order valence-electron chi connectivity index (χ4n) is 1.83. The van der Waals surface area contributed by atoms with Crippen LogP contribution in [0.3, 0.4) is 0 Å². The number of rotatable bonds is 4. The van der Waals surface area contributed by atoms with Gasteiger partial charge in [0.25, 0.3) is 0 Å². The van der Waals surface area contributed by atoms with E-state index in [1.165, 1.54) is 13.1 Å². The summed E-state index contributed by atoms with van der Waals surface area (Å²) in [7, 11) is 0. The normalized spacial score (nSPS) is 10.8. The van der Waals surface area contributed by atoms with Gasteiger partial charge in [0.15, 0.2) is 5.78 Å². The summed E-state index contributed by atoms with van der Waals surface area (Å²) >= 11 is 0. The van der Waals surface area contributed by atoms with E-state index in [0.717, 1.165) is 22.3 Å². The molecule has 0 bridgehead atoms. The van der Waals surface area contributed by atoms with Gasteiger partial charge in [-0.2, -0.15) is 0 Å². The van der Waals surface area contributed by atoms with E-state index in [1.807, 2.05) is 26.8 Å². The average molecular weight is 235 g/mol. The molecular formula is C13H17NO3. The predicted octanol–water partition coefficient (Wildman–Crippen LogP) is 2.39. The van der Waals surface area contributed by atoms with Crippen LogP contribution in [0.1, 0.15) is 29.2 Å². The Morgan fingerprint density at radius 2 is 2.06 bits per heavy atom. The summed E-state index contributed by atoms with van der Waals surface area (Å²) in [5, 5.41) is 11.7. The van der Waals surface area contributed by atoms with Gasteiger partial charge in [-0.15, -0.1) is 0 Å². The van der Waals surface area contributed by atoms with Crippen molar-refractivity contribution in [1.82, 2.24) is 0 Å². The first-order valence-corrected chi connectivity index (χ1v) is 5.37. The SMILES string of the molecule is CC(=O)COc1c(C)cc(C)c(/C=N/O)c1C. The van der Waals surface area contributed by atoms with Crippen molar-refractivity contribution in [3.8, 4) is 5.75 Å². The molecule has 0 amide bonds. The van der Waals surface area contributed by atoms with E-state index in [-0.39, 0.29) is 12.4 Å². The molecule has 0 aromatic heterocycles. The van der Waals surface area contributed by atoms with Crippen LogP contribution in [0.2, 0.25) is 0 Å². The van der Waals surface area contributed by atoms with Gasteiger partial charge in [-0.05, 0) is 38.8 Å². The lowest BCUT2D eigenvalue weighted by atomic mass is 9.99. The van der Waals surface area contributed by atoms with Crippen LogP contribution in [0.4, 0.5) is 0 Å². The van der Waals surface area contributed by atoms with Crippen LogP contribution >= 0.6 is 0 Å². The van der Waals surface area contributed by atoms with Crippen molar-refractivity contribution in [2.45, 2.75) is 27.7 Å². The number of benzene rings is 1. The van der Waals surface area contributed by atoms with Crippen molar-refractivity contribution in [1.29, 1.82) is 0 Å². The Labute approximate surface area is 101 Å². The molecule has 1 N–H and O–H groups in total. The van der Waals surface area contributed by atoms with Crippen LogP contribution in [0, 0.1) is 20.8 Å². The first kappa shape index (κ1) is 13.2. The topological polar surface area (TPSA) is 58.9 Å². The summed E-state index contributed by atoms with van der Waals surface area (Å²) in [6.45, 7) is 7.28. The third kappa shape index (κ3) is 3.06. The summed E-state index contributed by atoms with van der Waals surface area (Å²) < 4.78 is 5.48. The lowest BCUT2D eigenvalue weighted by Gasteiger charge is -2.15. The number of nitrogens with zero attached hydrogens (tertiary/aromatic N) is 1. The zero-order valence-corrected chi connectivity index (χ0v) is 10.6. The summed E-state index contributed by atoms with van der Waals surface area (Å²) in [6.07, 6.45) is 1.38. The molecule has 4 nitrogen and oxygen atoms in total.